The molecule has 0 atom stereocenters. The quantitative estimate of drug-likeness (QED) is 0.865. The van der Waals surface area contributed by atoms with Gasteiger partial charge in [-0.2, -0.15) is 0 Å². The molecule has 0 saturated carbocycles. The molecule has 0 spiro atoms. The van der Waals surface area contributed by atoms with Gasteiger partial charge in [0, 0.05) is 23.1 Å². The van der Waals surface area contributed by atoms with Crippen LogP contribution in [-0.2, 0) is 6.54 Å². The number of hydrogen-bond donors (Lipinski definition) is 1. The number of carbonyl (C=O) groups is 1. The molecule has 2 rings (SSSR count). The van der Waals surface area contributed by atoms with E-state index in [1.165, 1.54) is 11.1 Å². The van der Waals surface area contributed by atoms with E-state index in [-0.39, 0.29) is 5.76 Å². The summed E-state index contributed by atoms with van der Waals surface area (Å²) in [6, 6.07) is 2.03. The van der Waals surface area contributed by atoms with Crippen molar-refractivity contribution < 1.29 is 14.3 Å². The number of furan rings is 1. The van der Waals surface area contributed by atoms with Gasteiger partial charge in [0.2, 0.25) is 5.76 Å². The normalized spacial score (nSPS) is 11.5. The fourth-order valence-electron chi connectivity index (χ4n) is 2.83. The van der Waals surface area contributed by atoms with Gasteiger partial charge in [0.1, 0.15) is 5.58 Å². The third-order valence-corrected chi connectivity index (χ3v) is 4.39. The molecule has 1 aromatic heterocycles. The Hall–Kier alpha value is -1.81. The highest BCUT2D eigenvalue weighted by molar-refractivity contribution is 5.96. The molecule has 0 aliphatic carbocycles. The molecule has 1 aromatic carbocycles. The SMILES string of the molecule is CCCCN(C)Cc1c(C)c(C)cc2c(C)c(C(=O)O)oc12. The van der Waals surface area contributed by atoms with Crippen LogP contribution in [0.5, 0.6) is 0 Å². The number of aromatic carboxylic acids is 1. The number of nitrogens with zero attached hydrogens (tertiary/aromatic N) is 1. The van der Waals surface area contributed by atoms with Gasteiger partial charge in [0.15, 0.2) is 0 Å². The summed E-state index contributed by atoms with van der Waals surface area (Å²) in [5.41, 5.74) is 4.89. The van der Waals surface area contributed by atoms with Crippen molar-refractivity contribution >= 4 is 16.9 Å². The van der Waals surface area contributed by atoms with Gasteiger partial charge in [-0.25, -0.2) is 4.79 Å². The Morgan fingerprint density at radius 1 is 1.27 bits per heavy atom. The van der Waals surface area contributed by atoms with Crippen LogP contribution in [0.2, 0.25) is 0 Å². The molecule has 0 unspecified atom stereocenters. The van der Waals surface area contributed by atoms with E-state index in [9.17, 15) is 9.90 Å². The van der Waals surface area contributed by atoms with Crippen molar-refractivity contribution in [1.82, 2.24) is 4.90 Å². The summed E-state index contributed by atoms with van der Waals surface area (Å²) < 4.78 is 5.71. The zero-order chi connectivity index (χ0) is 16.4. The van der Waals surface area contributed by atoms with Gasteiger partial charge >= 0.3 is 5.97 Å². The molecule has 4 heteroatoms. The molecule has 0 radical (unpaired) electrons. The fraction of sp³-hybridized carbons (Fsp3) is 0.500. The Labute approximate surface area is 131 Å². The Kier molecular flexibility index (Phi) is 4.91. The van der Waals surface area contributed by atoms with Crippen LogP contribution >= 0.6 is 0 Å². The topological polar surface area (TPSA) is 53.7 Å². The molecule has 4 nitrogen and oxygen atoms in total. The molecule has 120 valence electrons. The van der Waals surface area contributed by atoms with E-state index >= 15 is 0 Å². The molecule has 0 fully saturated rings. The lowest BCUT2D eigenvalue weighted by atomic mass is 9.98. The first-order valence-corrected chi connectivity index (χ1v) is 7.80. The zero-order valence-electron chi connectivity index (χ0n) is 14.1. The number of rotatable bonds is 6. The van der Waals surface area contributed by atoms with Gasteiger partial charge in [-0.3, -0.25) is 0 Å². The standard InChI is InChI=1S/C18H25NO3/c1-6-7-8-19(5)10-15-12(3)11(2)9-14-13(4)16(18(20)21)22-17(14)15/h9H,6-8,10H2,1-5H3,(H,20,21). The molecule has 1 N–H and O–H groups in total. The van der Waals surface area contributed by atoms with E-state index in [1.54, 1.807) is 0 Å². The lowest BCUT2D eigenvalue weighted by Crippen LogP contribution is -2.19. The van der Waals surface area contributed by atoms with Crippen LogP contribution in [0, 0.1) is 20.8 Å². The first-order valence-electron chi connectivity index (χ1n) is 7.80. The summed E-state index contributed by atoms with van der Waals surface area (Å²) in [7, 11) is 2.09. The van der Waals surface area contributed by atoms with Crippen LogP contribution in [0.25, 0.3) is 11.0 Å². The maximum absolute atomic E-state index is 11.3. The maximum Gasteiger partial charge on any atom is 0.372 e. The third-order valence-electron chi connectivity index (χ3n) is 4.39. The second kappa shape index (κ2) is 6.53. The van der Waals surface area contributed by atoms with Crippen molar-refractivity contribution in [2.45, 2.75) is 47.1 Å². The predicted molar refractivity (Wildman–Crippen MR) is 88.6 cm³/mol. The minimum Gasteiger partial charge on any atom is -0.475 e. The molecule has 0 aliphatic rings. The van der Waals surface area contributed by atoms with Gasteiger partial charge in [-0.15, -0.1) is 0 Å². The summed E-state index contributed by atoms with van der Waals surface area (Å²) in [5, 5.41) is 10.2. The molecule has 22 heavy (non-hydrogen) atoms. The Morgan fingerprint density at radius 3 is 2.55 bits per heavy atom. The monoisotopic (exact) mass is 303 g/mol. The number of carboxylic acid groups (broad SMARTS) is 1. The number of hydrogen-bond acceptors (Lipinski definition) is 3. The van der Waals surface area contributed by atoms with Crippen molar-refractivity contribution in [1.29, 1.82) is 0 Å². The summed E-state index contributed by atoms with van der Waals surface area (Å²) in [4.78, 5) is 13.6. The van der Waals surface area contributed by atoms with Gasteiger partial charge in [-0.05, 0) is 58.0 Å². The summed E-state index contributed by atoms with van der Waals surface area (Å²) in [6.45, 7) is 9.94. The highest BCUT2D eigenvalue weighted by Gasteiger charge is 2.21. The van der Waals surface area contributed by atoms with Crippen molar-refractivity contribution in [3.05, 3.63) is 34.1 Å². The van der Waals surface area contributed by atoms with E-state index in [0.29, 0.717) is 5.56 Å². The minimum atomic E-state index is -1.01. The average Bonchev–Trinajstić information content (AvgIpc) is 2.79. The molecular weight excluding hydrogens is 278 g/mol. The fourth-order valence-corrected chi connectivity index (χ4v) is 2.83. The second-order valence-electron chi connectivity index (χ2n) is 6.13. The molecule has 0 aliphatic heterocycles. The number of carboxylic acids is 1. The van der Waals surface area contributed by atoms with Crippen LogP contribution in [0.4, 0.5) is 0 Å². The first kappa shape index (κ1) is 16.6. The van der Waals surface area contributed by atoms with Gasteiger partial charge in [0.25, 0.3) is 0 Å². The van der Waals surface area contributed by atoms with Crippen LogP contribution in [0.15, 0.2) is 10.5 Å². The maximum atomic E-state index is 11.3. The number of fused-ring (bicyclic) bond motifs is 1. The van der Waals surface area contributed by atoms with Crippen molar-refractivity contribution in [2.24, 2.45) is 0 Å². The number of aryl methyl sites for hydroxylation is 2. The Morgan fingerprint density at radius 2 is 1.95 bits per heavy atom. The zero-order valence-corrected chi connectivity index (χ0v) is 14.1. The second-order valence-corrected chi connectivity index (χ2v) is 6.13. The highest BCUT2D eigenvalue weighted by Crippen LogP contribution is 2.32. The van der Waals surface area contributed by atoms with Crippen LogP contribution < -0.4 is 0 Å². The van der Waals surface area contributed by atoms with Crippen LogP contribution in [-0.4, -0.2) is 29.6 Å². The molecule has 1 heterocycles. The summed E-state index contributed by atoms with van der Waals surface area (Å²) in [5.74, 6) is -0.952. The van der Waals surface area contributed by atoms with E-state index in [1.807, 2.05) is 13.0 Å². The predicted octanol–water partition coefficient (Wildman–Crippen LogP) is 4.29. The van der Waals surface area contributed by atoms with Gasteiger partial charge < -0.3 is 14.4 Å². The summed E-state index contributed by atoms with van der Waals surface area (Å²) in [6.07, 6.45) is 2.32. The van der Waals surface area contributed by atoms with E-state index < -0.39 is 5.97 Å². The number of unbranched alkanes of at least 4 members (excludes halogenated alkanes) is 1. The van der Waals surface area contributed by atoms with Crippen molar-refractivity contribution in [2.75, 3.05) is 13.6 Å². The average molecular weight is 303 g/mol. The summed E-state index contributed by atoms with van der Waals surface area (Å²) >= 11 is 0. The van der Waals surface area contributed by atoms with Gasteiger partial charge in [-0.1, -0.05) is 13.3 Å². The molecule has 2 aromatic rings. The Bertz CT molecular complexity index is 700. The van der Waals surface area contributed by atoms with Crippen molar-refractivity contribution in [3.63, 3.8) is 0 Å². The first-order chi connectivity index (χ1) is 10.4. The lowest BCUT2D eigenvalue weighted by Gasteiger charge is -2.19. The number of benzene rings is 1. The molecule has 0 amide bonds. The van der Waals surface area contributed by atoms with Crippen molar-refractivity contribution in [3.8, 4) is 0 Å². The third kappa shape index (κ3) is 3.02. The Balaban J connectivity index is 2.53. The van der Waals surface area contributed by atoms with E-state index in [0.717, 1.165) is 42.5 Å². The molecule has 0 bridgehead atoms. The smallest absolute Gasteiger partial charge is 0.372 e. The van der Waals surface area contributed by atoms with Crippen LogP contribution in [0.1, 0.15) is 52.6 Å². The minimum absolute atomic E-state index is 0.0532. The lowest BCUT2D eigenvalue weighted by molar-refractivity contribution is 0.0664. The molecule has 0 saturated heterocycles. The van der Waals surface area contributed by atoms with Gasteiger partial charge in [0.05, 0.1) is 0 Å². The van der Waals surface area contributed by atoms with Crippen LogP contribution in [0.3, 0.4) is 0 Å². The highest BCUT2D eigenvalue weighted by atomic mass is 16.4. The van der Waals surface area contributed by atoms with E-state index in [4.69, 9.17) is 4.42 Å². The molecular formula is C18H25NO3. The largest absolute Gasteiger partial charge is 0.475 e. The van der Waals surface area contributed by atoms with E-state index in [2.05, 4.69) is 32.7 Å².